The van der Waals surface area contributed by atoms with E-state index in [4.69, 9.17) is 14.8 Å². The molecule has 3 aromatic heterocycles. The number of hydrogen-bond donors (Lipinski definition) is 1. The van der Waals surface area contributed by atoms with Crippen molar-refractivity contribution in [1.29, 1.82) is 0 Å². The van der Waals surface area contributed by atoms with Crippen LogP contribution in [0.25, 0.3) is 27.6 Å². The van der Waals surface area contributed by atoms with E-state index in [9.17, 15) is 13.2 Å². The van der Waals surface area contributed by atoms with Crippen LogP contribution in [0.5, 0.6) is 5.75 Å². The van der Waals surface area contributed by atoms with Crippen LogP contribution in [0.15, 0.2) is 66.8 Å². The molecule has 0 atom stereocenters. The van der Waals surface area contributed by atoms with Gasteiger partial charge in [-0.25, -0.2) is 9.97 Å². The summed E-state index contributed by atoms with van der Waals surface area (Å²) < 4.78 is 45.4. The summed E-state index contributed by atoms with van der Waals surface area (Å²) in [5, 5.41) is 14.0. The summed E-state index contributed by atoms with van der Waals surface area (Å²) in [6.07, 6.45) is 1.45. The molecule has 1 aromatic carbocycles. The van der Waals surface area contributed by atoms with Gasteiger partial charge >= 0.3 is 6.18 Å². The van der Waals surface area contributed by atoms with Gasteiger partial charge in [0.05, 0.1) is 0 Å². The molecular formula is C28H27F3N5O2W-. The van der Waals surface area contributed by atoms with Crippen molar-refractivity contribution in [3.63, 3.8) is 0 Å². The molecule has 4 aromatic rings. The zero-order valence-corrected chi connectivity index (χ0v) is 24.8. The number of aryl methyl sites for hydroxylation is 3. The van der Waals surface area contributed by atoms with Gasteiger partial charge in [-0.3, -0.25) is 4.98 Å². The van der Waals surface area contributed by atoms with E-state index >= 15 is 0 Å². The second kappa shape index (κ2) is 12.5. The Bertz CT molecular complexity index is 1530. The number of aromatic nitrogens is 4. The summed E-state index contributed by atoms with van der Waals surface area (Å²) in [7, 11) is 1.97. The van der Waals surface area contributed by atoms with Gasteiger partial charge < -0.3 is 19.7 Å². The maximum absolute atomic E-state index is 12.4. The second-order valence-corrected chi connectivity index (χ2v) is 8.82. The molecule has 0 saturated heterocycles. The van der Waals surface area contributed by atoms with Crippen LogP contribution in [-0.4, -0.2) is 30.8 Å². The molecule has 4 rings (SSSR count). The van der Waals surface area contributed by atoms with Gasteiger partial charge in [0, 0.05) is 74.1 Å². The number of nitrogens with zero attached hydrogens (tertiary/aromatic N) is 5. The number of pyridine rings is 2. The number of aliphatic hydroxyl groups is 1. The molecule has 0 fully saturated rings. The number of para-hydroxylation sites is 1. The van der Waals surface area contributed by atoms with E-state index in [1.54, 1.807) is 6.20 Å². The molecule has 204 valence electrons. The van der Waals surface area contributed by atoms with Crippen molar-refractivity contribution < 1.29 is 44.1 Å². The van der Waals surface area contributed by atoms with E-state index in [0.717, 1.165) is 50.9 Å². The number of halogens is 3. The van der Waals surface area contributed by atoms with Crippen molar-refractivity contribution in [3.05, 3.63) is 100 Å². The van der Waals surface area contributed by atoms with Crippen LogP contribution in [-0.2, 0) is 41.3 Å². The molecule has 0 bridgehead atoms. The Morgan fingerprint density at radius 3 is 2.62 bits per heavy atom. The fraction of sp³-hybridized carbons (Fsp3) is 0.250. The molecule has 0 radical (unpaired) electrons. The Labute approximate surface area is 238 Å². The topological polar surface area (TPSA) is 87.2 Å². The van der Waals surface area contributed by atoms with Crippen molar-refractivity contribution in [2.24, 2.45) is 7.05 Å². The number of hydrogen-bond acceptors (Lipinski definition) is 5. The minimum absolute atomic E-state index is 0. The van der Waals surface area contributed by atoms with Gasteiger partial charge in [0.15, 0.2) is 5.76 Å². The van der Waals surface area contributed by atoms with E-state index in [1.807, 2.05) is 68.9 Å². The van der Waals surface area contributed by atoms with Crippen LogP contribution in [0.3, 0.4) is 0 Å². The molecule has 0 saturated carbocycles. The SMILES string of the molecule is Cc1cc(-c2ncc(C)n2C)c2cccc(OCc3c(C)ccnc3C[N-]/C=C\C=C(/O)C(F)(F)F)c2n1.[W]. The van der Waals surface area contributed by atoms with Gasteiger partial charge in [0.1, 0.15) is 23.7 Å². The molecule has 11 heteroatoms. The van der Waals surface area contributed by atoms with E-state index in [-0.39, 0.29) is 34.2 Å². The van der Waals surface area contributed by atoms with E-state index in [0.29, 0.717) is 17.5 Å². The fourth-order valence-electron chi connectivity index (χ4n) is 3.95. The average molecular weight is 706 g/mol. The Morgan fingerprint density at radius 2 is 1.92 bits per heavy atom. The Hall–Kier alpha value is -3.65. The van der Waals surface area contributed by atoms with Crippen molar-refractivity contribution in [2.75, 3.05) is 0 Å². The molecule has 0 spiro atoms. The summed E-state index contributed by atoms with van der Waals surface area (Å²) in [4.78, 5) is 13.7. The molecule has 0 amide bonds. The monoisotopic (exact) mass is 706 g/mol. The van der Waals surface area contributed by atoms with Crippen LogP contribution >= 0.6 is 0 Å². The van der Waals surface area contributed by atoms with Gasteiger partial charge in [-0.2, -0.15) is 19.4 Å². The molecular weight excluding hydrogens is 679 g/mol. The zero-order valence-electron chi connectivity index (χ0n) is 21.8. The average Bonchev–Trinajstić information content (AvgIpc) is 3.20. The number of fused-ring (bicyclic) bond motifs is 1. The van der Waals surface area contributed by atoms with Gasteiger partial charge in [0.2, 0.25) is 0 Å². The number of benzene rings is 1. The standard InChI is InChI=1S/C28H27F3N5O2.W/c1-17-10-12-33-23(15-32-11-6-9-25(37)28(29,30)31)22(17)16-38-24-8-5-7-20-21(13-18(2)35-26(20)24)27-34-14-19(3)36(27)4;/h5-14H,15-16H2,1-4H3,(H-,32,34,35,37);/q-1;. The first-order chi connectivity index (χ1) is 18.1. The Kier molecular flexibility index (Phi) is 9.56. The number of rotatable bonds is 8. The summed E-state index contributed by atoms with van der Waals surface area (Å²) >= 11 is 0. The minimum Gasteiger partial charge on any atom is -0.686 e. The summed E-state index contributed by atoms with van der Waals surface area (Å²) in [6, 6.07) is 9.63. The summed E-state index contributed by atoms with van der Waals surface area (Å²) in [6.45, 7) is 6.19. The second-order valence-electron chi connectivity index (χ2n) is 8.82. The fourth-order valence-corrected chi connectivity index (χ4v) is 3.95. The minimum atomic E-state index is -4.79. The first kappa shape index (κ1) is 29.9. The van der Waals surface area contributed by atoms with Crippen molar-refractivity contribution in [2.45, 2.75) is 40.1 Å². The van der Waals surface area contributed by atoms with E-state index < -0.39 is 11.9 Å². The largest absolute Gasteiger partial charge is 0.686 e. The van der Waals surface area contributed by atoms with Gasteiger partial charge in [0.25, 0.3) is 0 Å². The Balaban J connectivity index is 0.00000420. The smallest absolute Gasteiger partial charge is 0.448 e. The molecule has 0 aliphatic carbocycles. The van der Waals surface area contributed by atoms with Gasteiger partial charge in [-0.1, -0.05) is 24.8 Å². The van der Waals surface area contributed by atoms with Crippen LogP contribution in [0, 0.1) is 20.8 Å². The molecule has 0 aliphatic heterocycles. The normalized spacial score (nSPS) is 12.1. The molecule has 7 nitrogen and oxygen atoms in total. The first-order valence-corrected chi connectivity index (χ1v) is 11.8. The van der Waals surface area contributed by atoms with Gasteiger partial charge in [-0.15, -0.1) is 0 Å². The molecule has 1 N–H and O–H groups in total. The van der Waals surface area contributed by atoms with Crippen LogP contribution in [0.1, 0.15) is 28.2 Å². The number of aliphatic hydroxyl groups excluding tert-OH is 1. The molecule has 0 unspecified atom stereocenters. The predicted molar refractivity (Wildman–Crippen MR) is 140 cm³/mol. The van der Waals surface area contributed by atoms with Crippen LogP contribution in [0.4, 0.5) is 13.2 Å². The van der Waals surface area contributed by atoms with Crippen molar-refractivity contribution in [3.8, 4) is 17.1 Å². The van der Waals surface area contributed by atoms with E-state index in [1.165, 1.54) is 6.20 Å². The predicted octanol–water partition coefficient (Wildman–Crippen LogP) is 6.92. The maximum atomic E-state index is 12.4. The number of alkyl halides is 3. The third-order valence-corrected chi connectivity index (χ3v) is 6.12. The molecule has 0 aliphatic rings. The third-order valence-electron chi connectivity index (χ3n) is 6.12. The molecule has 3 heterocycles. The van der Waals surface area contributed by atoms with Gasteiger partial charge in [-0.05, 0) is 50.6 Å². The maximum Gasteiger partial charge on any atom is 0.448 e. The van der Waals surface area contributed by atoms with Crippen LogP contribution in [0.2, 0.25) is 0 Å². The van der Waals surface area contributed by atoms with Crippen LogP contribution < -0.4 is 4.74 Å². The zero-order chi connectivity index (χ0) is 27.4. The number of imidazole rings is 1. The van der Waals surface area contributed by atoms with E-state index in [2.05, 4.69) is 15.3 Å². The van der Waals surface area contributed by atoms with Crippen molar-refractivity contribution >= 4 is 10.9 Å². The number of allylic oxidation sites excluding steroid dienone is 3. The summed E-state index contributed by atoms with van der Waals surface area (Å²) in [5.41, 5.74) is 5.95. The van der Waals surface area contributed by atoms with Crippen molar-refractivity contribution in [1.82, 2.24) is 19.5 Å². The first-order valence-electron chi connectivity index (χ1n) is 11.8. The third kappa shape index (κ3) is 6.87. The molecule has 39 heavy (non-hydrogen) atoms. The summed E-state index contributed by atoms with van der Waals surface area (Å²) in [5.74, 6) is -0.238. The Morgan fingerprint density at radius 1 is 1.15 bits per heavy atom. The number of ether oxygens (including phenoxy) is 1. The quantitative estimate of drug-likeness (QED) is 0.159.